The molecule has 1 aliphatic rings. The van der Waals surface area contributed by atoms with Gasteiger partial charge in [0.1, 0.15) is 5.75 Å². The summed E-state index contributed by atoms with van der Waals surface area (Å²) in [6.45, 7) is 1.42. The number of benzene rings is 2. The van der Waals surface area contributed by atoms with Crippen LogP contribution in [-0.4, -0.2) is 58.0 Å². The third-order valence-corrected chi connectivity index (χ3v) is 6.40. The molecular weight excluding hydrogens is 408 g/mol. The Balaban J connectivity index is 1.60. The summed E-state index contributed by atoms with van der Waals surface area (Å²) in [5, 5.41) is 2.52. The number of ether oxygens (including phenoxy) is 2. The Morgan fingerprint density at radius 3 is 2.37 bits per heavy atom. The summed E-state index contributed by atoms with van der Waals surface area (Å²) in [5.41, 5.74) is 7.04. The molecule has 9 nitrogen and oxygen atoms in total. The molecule has 0 unspecified atom stereocenters. The first-order valence-corrected chi connectivity index (χ1v) is 10.8. The number of nitrogens with one attached hydrogen (secondary N) is 1. The zero-order valence-corrected chi connectivity index (χ0v) is 17.4. The molecule has 2 aromatic carbocycles. The van der Waals surface area contributed by atoms with Crippen molar-refractivity contribution in [3.63, 3.8) is 0 Å². The molecule has 1 saturated heterocycles. The van der Waals surface area contributed by atoms with E-state index < -0.39 is 10.0 Å². The lowest BCUT2D eigenvalue weighted by molar-refractivity contribution is -0.119. The number of guanidine groups is 1. The van der Waals surface area contributed by atoms with Gasteiger partial charge in [0, 0.05) is 13.1 Å². The minimum atomic E-state index is -3.57. The Kier molecular flexibility index (Phi) is 7.03. The molecule has 0 aromatic heterocycles. The van der Waals surface area contributed by atoms with E-state index in [0.717, 1.165) is 5.56 Å². The normalized spacial score (nSPS) is 15.6. The van der Waals surface area contributed by atoms with Gasteiger partial charge in [0.15, 0.2) is 0 Å². The number of amides is 1. The minimum absolute atomic E-state index is 0.0719. The Morgan fingerprint density at radius 1 is 1.13 bits per heavy atom. The first-order valence-electron chi connectivity index (χ1n) is 9.33. The van der Waals surface area contributed by atoms with E-state index in [1.54, 1.807) is 31.4 Å². The van der Waals surface area contributed by atoms with Crippen LogP contribution >= 0.6 is 0 Å². The number of carbonyl (C=O) groups excluding carboxylic acids is 1. The summed E-state index contributed by atoms with van der Waals surface area (Å²) in [5.74, 6) is 0.324. The van der Waals surface area contributed by atoms with Crippen molar-refractivity contribution < 1.29 is 22.7 Å². The maximum absolute atomic E-state index is 12.6. The van der Waals surface area contributed by atoms with Crippen molar-refractivity contribution in [2.24, 2.45) is 10.7 Å². The van der Waals surface area contributed by atoms with E-state index in [4.69, 9.17) is 15.2 Å². The summed E-state index contributed by atoms with van der Waals surface area (Å²) in [6.07, 6.45) is 0.136. The smallest absolute Gasteiger partial charge is 0.243 e. The third-order valence-electron chi connectivity index (χ3n) is 4.49. The number of morpholine rings is 1. The quantitative estimate of drug-likeness (QED) is 0.519. The van der Waals surface area contributed by atoms with Gasteiger partial charge in [0.25, 0.3) is 0 Å². The zero-order valence-electron chi connectivity index (χ0n) is 16.6. The number of sulfonamides is 1. The van der Waals surface area contributed by atoms with Gasteiger partial charge in [0.05, 0.1) is 37.3 Å². The van der Waals surface area contributed by atoms with Crippen LogP contribution in [0.1, 0.15) is 5.56 Å². The van der Waals surface area contributed by atoms with Crippen molar-refractivity contribution in [3.8, 4) is 5.75 Å². The first kappa shape index (κ1) is 21.8. The van der Waals surface area contributed by atoms with Gasteiger partial charge in [-0.3, -0.25) is 10.1 Å². The highest BCUT2D eigenvalue weighted by molar-refractivity contribution is 7.89. The number of aliphatic imine (C=N–C) groups is 1. The monoisotopic (exact) mass is 432 g/mol. The van der Waals surface area contributed by atoms with E-state index >= 15 is 0 Å². The molecule has 0 atom stereocenters. The van der Waals surface area contributed by atoms with Gasteiger partial charge in [-0.2, -0.15) is 4.31 Å². The zero-order chi connectivity index (χ0) is 21.6. The van der Waals surface area contributed by atoms with Crippen LogP contribution in [0.4, 0.5) is 5.69 Å². The number of methoxy groups -OCH3 is 1. The molecule has 1 heterocycles. The molecule has 30 heavy (non-hydrogen) atoms. The Bertz CT molecular complexity index is 998. The molecule has 0 saturated carbocycles. The molecule has 1 aliphatic heterocycles. The molecule has 3 rings (SSSR count). The van der Waals surface area contributed by atoms with Crippen molar-refractivity contribution in [2.45, 2.75) is 11.3 Å². The van der Waals surface area contributed by atoms with E-state index in [1.165, 1.54) is 28.6 Å². The van der Waals surface area contributed by atoms with Crippen molar-refractivity contribution >= 4 is 27.6 Å². The van der Waals surface area contributed by atoms with Crippen molar-refractivity contribution in [3.05, 3.63) is 54.1 Å². The maximum atomic E-state index is 12.6. The van der Waals surface area contributed by atoms with Gasteiger partial charge in [-0.1, -0.05) is 12.1 Å². The summed E-state index contributed by atoms with van der Waals surface area (Å²) < 4.78 is 36.9. The maximum Gasteiger partial charge on any atom is 0.243 e. The number of rotatable bonds is 6. The van der Waals surface area contributed by atoms with Crippen LogP contribution in [-0.2, 0) is 26.0 Å². The second-order valence-electron chi connectivity index (χ2n) is 6.58. The molecule has 0 bridgehead atoms. The molecular formula is C20H24N4O5S. The predicted molar refractivity (Wildman–Crippen MR) is 112 cm³/mol. The molecule has 10 heteroatoms. The SMILES string of the molecule is COc1ccc(CC(=O)NC(N)=Nc2ccc(S(=O)(=O)N3CCOCC3)cc2)cc1. The summed E-state index contributed by atoms with van der Waals surface area (Å²) in [4.78, 5) is 16.4. The van der Waals surface area contributed by atoms with E-state index in [1.807, 2.05) is 0 Å². The highest BCUT2D eigenvalue weighted by atomic mass is 32.2. The van der Waals surface area contributed by atoms with Gasteiger partial charge in [0.2, 0.25) is 21.9 Å². The fourth-order valence-electron chi connectivity index (χ4n) is 2.91. The molecule has 1 amide bonds. The summed E-state index contributed by atoms with van der Waals surface area (Å²) in [6, 6.07) is 13.1. The number of hydrogen-bond donors (Lipinski definition) is 2. The van der Waals surface area contributed by atoms with Crippen LogP contribution in [0.25, 0.3) is 0 Å². The third kappa shape index (κ3) is 5.56. The van der Waals surface area contributed by atoms with Crippen LogP contribution in [0, 0.1) is 0 Å². The van der Waals surface area contributed by atoms with Crippen molar-refractivity contribution in [1.82, 2.24) is 9.62 Å². The van der Waals surface area contributed by atoms with E-state index in [9.17, 15) is 13.2 Å². The van der Waals surface area contributed by atoms with Crippen LogP contribution in [0.2, 0.25) is 0 Å². The molecule has 160 valence electrons. The number of hydrogen-bond acceptors (Lipinski definition) is 6. The largest absolute Gasteiger partial charge is 0.497 e. The fourth-order valence-corrected chi connectivity index (χ4v) is 4.32. The molecule has 1 fully saturated rings. The topological polar surface area (TPSA) is 123 Å². The summed E-state index contributed by atoms with van der Waals surface area (Å²) in [7, 11) is -2.00. The fraction of sp³-hybridized carbons (Fsp3) is 0.300. The first-order chi connectivity index (χ1) is 14.4. The number of nitrogens with zero attached hydrogens (tertiary/aromatic N) is 2. The van der Waals surface area contributed by atoms with E-state index in [-0.39, 0.29) is 23.2 Å². The van der Waals surface area contributed by atoms with Crippen molar-refractivity contribution in [2.75, 3.05) is 33.4 Å². The average molecular weight is 433 g/mol. The van der Waals surface area contributed by atoms with Crippen LogP contribution in [0.5, 0.6) is 5.75 Å². The minimum Gasteiger partial charge on any atom is -0.497 e. The average Bonchev–Trinajstić information content (AvgIpc) is 2.75. The lowest BCUT2D eigenvalue weighted by Crippen LogP contribution is -2.40. The summed E-state index contributed by atoms with van der Waals surface area (Å²) >= 11 is 0. The second kappa shape index (κ2) is 9.70. The van der Waals surface area contributed by atoms with E-state index in [0.29, 0.717) is 37.7 Å². The van der Waals surface area contributed by atoms with Gasteiger partial charge >= 0.3 is 0 Å². The molecule has 0 radical (unpaired) electrons. The van der Waals surface area contributed by atoms with Crippen LogP contribution < -0.4 is 15.8 Å². The standard InChI is InChI=1S/C20H24N4O5S/c1-28-17-6-2-15(3-7-17)14-19(25)23-20(21)22-16-4-8-18(9-5-16)30(26,27)24-10-12-29-13-11-24/h2-9H,10-14H2,1H3,(H3,21,22,23,25). The molecule has 2 aromatic rings. The van der Waals surface area contributed by atoms with Gasteiger partial charge in [-0.15, -0.1) is 0 Å². The predicted octanol–water partition coefficient (Wildman–Crippen LogP) is 1.02. The van der Waals surface area contributed by atoms with Gasteiger partial charge < -0.3 is 15.2 Å². The molecule has 0 aliphatic carbocycles. The lowest BCUT2D eigenvalue weighted by Gasteiger charge is -2.26. The Morgan fingerprint density at radius 2 is 1.77 bits per heavy atom. The molecule has 3 N–H and O–H groups in total. The van der Waals surface area contributed by atoms with E-state index in [2.05, 4.69) is 10.3 Å². The highest BCUT2D eigenvalue weighted by Gasteiger charge is 2.26. The number of nitrogens with two attached hydrogens (primary N) is 1. The van der Waals surface area contributed by atoms with Crippen molar-refractivity contribution in [1.29, 1.82) is 0 Å². The second-order valence-corrected chi connectivity index (χ2v) is 8.52. The highest BCUT2D eigenvalue weighted by Crippen LogP contribution is 2.20. The van der Waals surface area contributed by atoms with Gasteiger partial charge in [-0.25, -0.2) is 13.4 Å². The Hall–Kier alpha value is -2.95. The number of carbonyl (C=O) groups is 1. The van der Waals surface area contributed by atoms with Gasteiger partial charge in [-0.05, 0) is 42.0 Å². The van der Waals surface area contributed by atoms with Crippen LogP contribution in [0.15, 0.2) is 58.4 Å². The molecule has 0 spiro atoms. The lowest BCUT2D eigenvalue weighted by atomic mass is 10.1. The Labute approximate surface area is 175 Å². The van der Waals surface area contributed by atoms with Crippen LogP contribution in [0.3, 0.4) is 0 Å².